The van der Waals surface area contributed by atoms with Gasteiger partial charge in [0.2, 0.25) is 5.91 Å². The first-order valence-electron chi connectivity index (χ1n) is 9.61. The average Bonchev–Trinajstić information content (AvgIpc) is 3.19. The molecular formula is C19H26N4O2S. The molecule has 2 aromatic heterocycles. The van der Waals surface area contributed by atoms with Gasteiger partial charge in [0.1, 0.15) is 0 Å². The van der Waals surface area contributed by atoms with Crippen LogP contribution in [-0.4, -0.2) is 50.8 Å². The Kier molecular flexibility index (Phi) is 5.09. The van der Waals surface area contributed by atoms with E-state index in [2.05, 4.69) is 4.90 Å². The van der Waals surface area contributed by atoms with Crippen molar-refractivity contribution in [3.05, 3.63) is 33.2 Å². The lowest BCUT2D eigenvalue weighted by molar-refractivity contribution is -0.127. The zero-order chi connectivity index (χ0) is 18.1. The molecule has 7 heteroatoms. The third-order valence-corrected chi connectivity index (χ3v) is 6.45. The van der Waals surface area contributed by atoms with Crippen LogP contribution in [-0.2, 0) is 11.3 Å². The van der Waals surface area contributed by atoms with Crippen LogP contribution in [0.1, 0.15) is 49.1 Å². The summed E-state index contributed by atoms with van der Waals surface area (Å²) < 4.78 is 1.64. The van der Waals surface area contributed by atoms with Crippen molar-refractivity contribution >= 4 is 22.2 Å². The van der Waals surface area contributed by atoms with Crippen molar-refractivity contribution in [1.29, 1.82) is 0 Å². The van der Waals surface area contributed by atoms with Gasteiger partial charge in [0.05, 0.1) is 5.69 Å². The summed E-state index contributed by atoms with van der Waals surface area (Å²) in [7, 11) is 0. The molecule has 2 aromatic rings. The highest BCUT2D eigenvalue weighted by Crippen LogP contribution is 2.23. The maximum Gasteiger partial charge on any atom is 0.258 e. The summed E-state index contributed by atoms with van der Waals surface area (Å²) in [6.07, 6.45) is 8.19. The van der Waals surface area contributed by atoms with Crippen molar-refractivity contribution in [3.63, 3.8) is 0 Å². The SMILES string of the molecule is Cc1cn2c(=O)cc(CN3CCCCC3CCN3CCCC3=O)nc2s1. The number of likely N-dealkylation sites (tertiary alicyclic amines) is 2. The van der Waals surface area contributed by atoms with E-state index < -0.39 is 0 Å². The minimum Gasteiger partial charge on any atom is -0.343 e. The van der Waals surface area contributed by atoms with Crippen molar-refractivity contribution in [2.45, 2.75) is 58.0 Å². The molecule has 2 aliphatic rings. The van der Waals surface area contributed by atoms with Crippen molar-refractivity contribution in [2.24, 2.45) is 0 Å². The van der Waals surface area contributed by atoms with Crippen molar-refractivity contribution in [1.82, 2.24) is 19.2 Å². The quantitative estimate of drug-likeness (QED) is 0.807. The molecule has 0 N–H and O–H groups in total. The van der Waals surface area contributed by atoms with Gasteiger partial charge in [0.15, 0.2) is 4.96 Å². The van der Waals surface area contributed by atoms with E-state index in [1.807, 2.05) is 18.0 Å². The van der Waals surface area contributed by atoms with Gasteiger partial charge in [0, 0.05) is 49.2 Å². The number of rotatable bonds is 5. The number of piperidine rings is 1. The van der Waals surface area contributed by atoms with E-state index in [1.165, 1.54) is 19.3 Å². The van der Waals surface area contributed by atoms with Crippen molar-refractivity contribution in [2.75, 3.05) is 19.6 Å². The summed E-state index contributed by atoms with van der Waals surface area (Å²) in [6, 6.07) is 2.15. The molecule has 0 aromatic carbocycles. The fourth-order valence-corrected chi connectivity index (χ4v) is 5.04. The maximum absolute atomic E-state index is 12.3. The Morgan fingerprint density at radius 3 is 2.92 bits per heavy atom. The summed E-state index contributed by atoms with van der Waals surface area (Å²) in [4.78, 5) is 35.2. The number of carbonyl (C=O) groups is 1. The van der Waals surface area contributed by atoms with E-state index in [4.69, 9.17) is 4.98 Å². The number of hydrogen-bond donors (Lipinski definition) is 0. The van der Waals surface area contributed by atoms with Crippen LogP contribution in [0, 0.1) is 6.92 Å². The first-order valence-corrected chi connectivity index (χ1v) is 10.4. The Bertz CT molecular complexity index is 859. The van der Waals surface area contributed by atoms with Crippen LogP contribution in [0.4, 0.5) is 0 Å². The Morgan fingerprint density at radius 2 is 2.12 bits per heavy atom. The van der Waals surface area contributed by atoms with Gasteiger partial charge in [-0.2, -0.15) is 0 Å². The van der Waals surface area contributed by atoms with Crippen molar-refractivity contribution in [3.8, 4) is 0 Å². The van der Waals surface area contributed by atoms with E-state index in [-0.39, 0.29) is 5.56 Å². The van der Waals surface area contributed by atoms with E-state index in [9.17, 15) is 9.59 Å². The molecule has 1 amide bonds. The highest BCUT2D eigenvalue weighted by atomic mass is 32.1. The normalized spacial score (nSPS) is 21.8. The molecule has 0 spiro atoms. The molecule has 0 saturated carbocycles. The second-order valence-electron chi connectivity index (χ2n) is 7.47. The van der Waals surface area contributed by atoms with Crippen LogP contribution in [0.5, 0.6) is 0 Å². The Balaban J connectivity index is 1.46. The number of amides is 1. The Labute approximate surface area is 157 Å². The number of aryl methyl sites for hydroxylation is 1. The smallest absolute Gasteiger partial charge is 0.258 e. The van der Waals surface area contributed by atoms with E-state index in [1.54, 1.807) is 21.8 Å². The van der Waals surface area contributed by atoms with E-state index >= 15 is 0 Å². The van der Waals surface area contributed by atoms with E-state index in [0.29, 0.717) is 18.4 Å². The maximum atomic E-state index is 12.3. The second kappa shape index (κ2) is 7.48. The van der Waals surface area contributed by atoms with E-state index in [0.717, 1.165) is 54.6 Å². The molecule has 0 radical (unpaired) electrons. The van der Waals surface area contributed by atoms with Crippen LogP contribution in [0.25, 0.3) is 4.96 Å². The Hall–Kier alpha value is -1.73. The molecule has 4 rings (SSSR count). The molecule has 1 atom stereocenters. The summed E-state index contributed by atoms with van der Waals surface area (Å²) in [5, 5.41) is 0. The van der Waals surface area contributed by atoms with Gasteiger partial charge in [0.25, 0.3) is 5.56 Å². The van der Waals surface area contributed by atoms with Gasteiger partial charge in [-0.05, 0) is 39.2 Å². The third-order valence-electron chi connectivity index (χ3n) is 5.55. The number of fused-ring (bicyclic) bond motifs is 1. The zero-order valence-corrected chi connectivity index (χ0v) is 16.1. The summed E-state index contributed by atoms with van der Waals surface area (Å²) in [6.45, 7) is 5.54. The third kappa shape index (κ3) is 3.69. The van der Waals surface area contributed by atoms with Crippen LogP contribution < -0.4 is 5.56 Å². The predicted molar refractivity (Wildman–Crippen MR) is 103 cm³/mol. The second-order valence-corrected chi connectivity index (χ2v) is 8.69. The molecule has 2 aliphatic heterocycles. The topological polar surface area (TPSA) is 57.9 Å². The largest absolute Gasteiger partial charge is 0.343 e. The van der Waals surface area contributed by atoms with Gasteiger partial charge < -0.3 is 4.90 Å². The molecule has 6 nitrogen and oxygen atoms in total. The summed E-state index contributed by atoms with van der Waals surface area (Å²) in [5.41, 5.74) is 0.867. The fraction of sp³-hybridized carbons (Fsp3) is 0.632. The van der Waals surface area contributed by atoms with Gasteiger partial charge in [-0.1, -0.05) is 6.42 Å². The number of aromatic nitrogens is 2. The first kappa shape index (κ1) is 17.7. The van der Waals surface area contributed by atoms with Crippen LogP contribution in [0.2, 0.25) is 0 Å². The van der Waals surface area contributed by atoms with Gasteiger partial charge in [-0.3, -0.25) is 18.9 Å². The van der Waals surface area contributed by atoms with Gasteiger partial charge >= 0.3 is 0 Å². The van der Waals surface area contributed by atoms with Crippen LogP contribution in [0.3, 0.4) is 0 Å². The lowest BCUT2D eigenvalue weighted by Gasteiger charge is -2.36. The average molecular weight is 375 g/mol. The lowest BCUT2D eigenvalue weighted by atomic mass is 9.99. The number of carbonyl (C=O) groups excluding carboxylic acids is 1. The molecule has 2 saturated heterocycles. The summed E-state index contributed by atoms with van der Waals surface area (Å²) >= 11 is 1.56. The molecule has 1 unspecified atom stereocenters. The minimum atomic E-state index is 0.00516. The van der Waals surface area contributed by atoms with Gasteiger partial charge in [-0.25, -0.2) is 4.98 Å². The Morgan fingerprint density at radius 1 is 1.23 bits per heavy atom. The fourth-order valence-electron chi connectivity index (χ4n) is 4.19. The molecule has 0 aliphatic carbocycles. The molecule has 4 heterocycles. The number of nitrogens with zero attached hydrogens (tertiary/aromatic N) is 4. The van der Waals surface area contributed by atoms with Crippen LogP contribution in [0.15, 0.2) is 17.1 Å². The highest BCUT2D eigenvalue weighted by molar-refractivity contribution is 7.16. The van der Waals surface area contributed by atoms with Gasteiger partial charge in [-0.15, -0.1) is 11.3 Å². The number of hydrogen-bond acceptors (Lipinski definition) is 5. The summed E-state index contributed by atoms with van der Waals surface area (Å²) in [5.74, 6) is 0.306. The highest BCUT2D eigenvalue weighted by Gasteiger charge is 2.26. The molecular weight excluding hydrogens is 348 g/mol. The predicted octanol–water partition coefficient (Wildman–Crippen LogP) is 2.43. The first-order chi connectivity index (χ1) is 12.6. The van der Waals surface area contributed by atoms with Crippen LogP contribution >= 0.6 is 11.3 Å². The van der Waals surface area contributed by atoms with Crippen molar-refractivity contribution < 1.29 is 4.79 Å². The lowest BCUT2D eigenvalue weighted by Crippen LogP contribution is -2.41. The number of thiazole rings is 1. The molecule has 140 valence electrons. The monoisotopic (exact) mass is 374 g/mol. The standard InChI is InChI=1S/C19H26N4O2S/c1-14-12-23-18(25)11-15(20-19(23)26-14)13-22-8-3-2-5-16(22)7-10-21-9-4-6-17(21)24/h11-12,16H,2-10,13H2,1H3. The molecule has 2 fully saturated rings. The molecule has 0 bridgehead atoms. The minimum absolute atomic E-state index is 0.00516. The zero-order valence-electron chi connectivity index (χ0n) is 15.3. The molecule has 26 heavy (non-hydrogen) atoms.